The molecule has 0 unspecified atom stereocenters. The summed E-state index contributed by atoms with van der Waals surface area (Å²) < 4.78 is 5.22. The van der Waals surface area contributed by atoms with E-state index in [1.54, 1.807) is 6.92 Å². The molecule has 1 fully saturated rings. The molecule has 1 N–H and O–H groups in total. The van der Waals surface area contributed by atoms with Gasteiger partial charge < -0.3 is 14.7 Å². The second-order valence-electron chi connectivity index (χ2n) is 5.55. The van der Waals surface area contributed by atoms with E-state index in [0.29, 0.717) is 28.9 Å². The van der Waals surface area contributed by atoms with Crippen LogP contribution in [-0.4, -0.2) is 47.1 Å². The summed E-state index contributed by atoms with van der Waals surface area (Å²) in [4.78, 5) is 18.9. The molecule has 7 heteroatoms. The molecular weight excluding hydrogens is 316 g/mol. The van der Waals surface area contributed by atoms with Crippen LogP contribution in [0.2, 0.25) is 0 Å². The van der Waals surface area contributed by atoms with Gasteiger partial charge in [-0.05, 0) is 38.9 Å². The molecular formula is C16H21ClN4O2. The van der Waals surface area contributed by atoms with Crippen LogP contribution >= 0.6 is 12.4 Å². The average molecular weight is 337 g/mol. The minimum absolute atomic E-state index is 0. The van der Waals surface area contributed by atoms with Gasteiger partial charge in [-0.15, -0.1) is 12.4 Å². The van der Waals surface area contributed by atoms with Gasteiger partial charge in [0.15, 0.2) is 5.82 Å². The Bertz CT molecular complexity index is 666. The third-order valence-electron chi connectivity index (χ3n) is 4.11. The first kappa shape index (κ1) is 17.4. The molecule has 0 atom stereocenters. The van der Waals surface area contributed by atoms with E-state index in [1.807, 2.05) is 36.2 Å². The van der Waals surface area contributed by atoms with Crippen molar-refractivity contribution in [1.29, 1.82) is 0 Å². The lowest BCUT2D eigenvalue weighted by Gasteiger charge is -2.32. The van der Waals surface area contributed by atoms with Crippen LogP contribution in [-0.2, 0) is 0 Å². The Labute approximate surface area is 141 Å². The maximum absolute atomic E-state index is 12.8. The molecule has 1 aliphatic rings. The summed E-state index contributed by atoms with van der Waals surface area (Å²) in [5, 5.41) is 7.08. The minimum Gasteiger partial charge on any atom is -0.339 e. The fourth-order valence-electron chi connectivity index (χ4n) is 2.80. The molecule has 1 aliphatic heterocycles. The summed E-state index contributed by atoms with van der Waals surface area (Å²) in [6.45, 7) is 3.29. The predicted octanol–water partition coefficient (Wildman–Crippen LogP) is 2.29. The van der Waals surface area contributed by atoms with E-state index in [-0.39, 0.29) is 18.3 Å². The molecule has 6 nitrogen and oxygen atoms in total. The van der Waals surface area contributed by atoms with E-state index < -0.39 is 0 Å². The smallest absolute Gasteiger partial charge is 0.258 e. The monoisotopic (exact) mass is 336 g/mol. The number of carbonyl (C=O) groups is 1. The fraction of sp³-hybridized carbons (Fsp3) is 0.438. The number of halogens is 1. The number of likely N-dealkylation sites (tertiary alicyclic amines) is 1. The SMILES string of the molecule is CNC1CCN(C(=O)c2ccccc2-c2nc(C)no2)CC1.Cl. The van der Waals surface area contributed by atoms with E-state index in [0.717, 1.165) is 25.9 Å². The van der Waals surface area contributed by atoms with E-state index >= 15 is 0 Å². The Balaban J connectivity index is 0.00000192. The standard InChI is InChI=1S/C16H20N4O2.ClH/c1-11-18-15(22-19-11)13-5-3-4-6-14(13)16(21)20-9-7-12(17-2)8-10-20;/h3-6,12,17H,7-10H2,1-2H3;1H. The van der Waals surface area contributed by atoms with Gasteiger partial charge >= 0.3 is 0 Å². The zero-order chi connectivity index (χ0) is 15.5. The number of carbonyl (C=O) groups excluding carboxylic acids is 1. The quantitative estimate of drug-likeness (QED) is 0.931. The van der Waals surface area contributed by atoms with Crippen molar-refractivity contribution in [3.05, 3.63) is 35.7 Å². The topological polar surface area (TPSA) is 71.3 Å². The molecule has 0 radical (unpaired) electrons. The van der Waals surface area contributed by atoms with Gasteiger partial charge in [-0.25, -0.2) is 0 Å². The summed E-state index contributed by atoms with van der Waals surface area (Å²) in [7, 11) is 1.97. The summed E-state index contributed by atoms with van der Waals surface area (Å²) in [6, 6.07) is 7.90. The molecule has 0 spiro atoms. The Morgan fingerprint density at radius 1 is 1.30 bits per heavy atom. The summed E-state index contributed by atoms with van der Waals surface area (Å²) in [5.41, 5.74) is 1.32. The number of piperidine rings is 1. The normalized spacial score (nSPS) is 15.3. The van der Waals surface area contributed by atoms with Crippen LogP contribution in [0.15, 0.2) is 28.8 Å². The van der Waals surface area contributed by atoms with Crippen LogP contribution < -0.4 is 5.32 Å². The number of hydrogen-bond acceptors (Lipinski definition) is 5. The minimum atomic E-state index is 0. The number of aryl methyl sites for hydroxylation is 1. The van der Waals surface area contributed by atoms with Crippen molar-refractivity contribution in [2.24, 2.45) is 0 Å². The second kappa shape index (κ2) is 7.57. The van der Waals surface area contributed by atoms with Crippen LogP contribution in [0.3, 0.4) is 0 Å². The molecule has 1 saturated heterocycles. The molecule has 0 aliphatic carbocycles. The van der Waals surface area contributed by atoms with Crippen molar-refractivity contribution in [3.8, 4) is 11.5 Å². The Morgan fingerprint density at radius 2 is 2.00 bits per heavy atom. The number of hydrogen-bond donors (Lipinski definition) is 1. The first-order chi connectivity index (χ1) is 10.7. The Hall–Kier alpha value is -1.92. The van der Waals surface area contributed by atoms with Crippen LogP contribution in [0.25, 0.3) is 11.5 Å². The largest absolute Gasteiger partial charge is 0.339 e. The lowest BCUT2D eigenvalue weighted by atomic mass is 10.0. The molecule has 124 valence electrons. The van der Waals surface area contributed by atoms with Gasteiger partial charge in [0, 0.05) is 19.1 Å². The van der Waals surface area contributed by atoms with E-state index in [9.17, 15) is 4.79 Å². The predicted molar refractivity (Wildman–Crippen MR) is 89.7 cm³/mol. The third kappa shape index (κ3) is 3.71. The number of nitrogens with zero attached hydrogens (tertiary/aromatic N) is 3. The maximum atomic E-state index is 12.8. The number of benzene rings is 1. The van der Waals surface area contributed by atoms with Crippen LogP contribution in [0.5, 0.6) is 0 Å². The highest BCUT2D eigenvalue weighted by molar-refractivity contribution is 6.00. The van der Waals surface area contributed by atoms with E-state index in [2.05, 4.69) is 15.5 Å². The summed E-state index contributed by atoms with van der Waals surface area (Å²) >= 11 is 0. The van der Waals surface area contributed by atoms with Crippen LogP contribution in [0, 0.1) is 6.92 Å². The van der Waals surface area contributed by atoms with Gasteiger partial charge in [-0.2, -0.15) is 4.98 Å². The van der Waals surface area contributed by atoms with Gasteiger partial charge in [-0.3, -0.25) is 4.79 Å². The van der Waals surface area contributed by atoms with E-state index in [4.69, 9.17) is 4.52 Å². The van der Waals surface area contributed by atoms with Gasteiger partial charge in [0.2, 0.25) is 0 Å². The van der Waals surface area contributed by atoms with Crippen LogP contribution in [0.4, 0.5) is 0 Å². The summed E-state index contributed by atoms with van der Waals surface area (Å²) in [6.07, 6.45) is 1.95. The van der Waals surface area contributed by atoms with Gasteiger partial charge in [0.1, 0.15) is 0 Å². The Morgan fingerprint density at radius 3 is 2.61 bits per heavy atom. The molecule has 2 aromatic rings. The molecule has 0 saturated carbocycles. The zero-order valence-electron chi connectivity index (χ0n) is 13.3. The molecule has 1 aromatic heterocycles. The van der Waals surface area contributed by atoms with Crippen molar-refractivity contribution in [2.45, 2.75) is 25.8 Å². The second-order valence-corrected chi connectivity index (χ2v) is 5.55. The maximum Gasteiger partial charge on any atom is 0.258 e. The average Bonchev–Trinajstić information content (AvgIpc) is 3.00. The highest BCUT2D eigenvalue weighted by atomic mass is 35.5. The van der Waals surface area contributed by atoms with Crippen molar-refractivity contribution in [2.75, 3.05) is 20.1 Å². The molecule has 1 aromatic carbocycles. The van der Waals surface area contributed by atoms with Crippen molar-refractivity contribution >= 4 is 18.3 Å². The highest BCUT2D eigenvalue weighted by Crippen LogP contribution is 2.24. The number of nitrogens with one attached hydrogen (secondary N) is 1. The first-order valence-electron chi connectivity index (χ1n) is 7.55. The zero-order valence-corrected chi connectivity index (χ0v) is 14.1. The van der Waals surface area contributed by atoms with Crippen molar-refractivity contribution in [3.63, 3.8) is 0 Å². The first-order valence-corrected chi connectivity index (χ1v) is 7.55. The van der Waals surface area contributed by atoms with Crippen LogP contribution in [0.1, 0.15) is 29.0 Å². The van der Waals surface area contributed by atoms with Gasteiger partial charge in [0.05, 0.1) is 11.1 Å². The van der Waals surface area contributed by atoms with Gasteiger partial charge in [0.25, 0.3) is 11.8 Å². The molecule has 1 amide bonds. The number of rotatable bonds is 3. The van der Waals surface area contributed by atoms with Crippen molar-refractivity contribution in [1.82, 2.24) is 20.4 Å². The number of amides is 1. The molecule has 23 heavy (non-hydrogen) atoms. The molecule has 0 bridgehead atoms. The summed E-state index contributed by atoms with van der Waals surface area (Å²) in [5.74, 6) is 0.986. The molecule has 2 heterocycles. The molecule has 3 rings (SSSR count). The van der Waals surface area contributed by atoms with Gasteiger partial charge in [-0.1, -0.05) is 17.3 Å². The van der Waals surface area contributed by atoms with E-state index in [1.165, 1.54) is 0 Å². The highest BCUT2D eigenvalue weighted by Gasteiger charge is 2.25. The third-order valence-corrected chi connectivity index (χ3v) is 4.11. The lowest BCUT2D eigenvalue weighted by molar-refractivity contribution is 0.0708. The Kier molecular flexibility index (Phi) is 5.74. The fourth-order valence-corrected chi connectivity index (χ4v) is 2.80. The lowest BCUT2D eigenvalue weighted by Crippen LogP contribution is -2.44. The van der Waals surface area contributed by atoms with Crippen molar-refractivity contribution < 1.29 is 9.32 Å². The number of aromatic nitrogens is 2.